The number of carbonyl (C=O) groups is 1. The first-order valence-electron chi connectivity index (χ1n) is 13.2. The lowest BCUT2D eigenvalue weighted by molar-refractivity contribution is -0.144. The lowest BCUT2D eigenvalue weighted by Gasteiger charge is -2.36. The molecule has 9 heteroatoms. The number of hydrogen-bond acceptors (Lipinski definition) is 6. The van der Waals surface area contributed by atoms with Crippen LogP contribution in [0.3, 0.4) is 0 Å². The molecule has 0 saturated carbocycles. The number of nitrogens with zero attached hydrogens (tertiary/aromatic N) is 3. The standard InChI is InChI=1S/C28H36F3N3O2S/c1-2-3-4-10-27(35)36-20-19-33-17-15-32(16-18-33)13-7-14-34-23-8-5-6-9-25(23)37-26-12-11-22(21-24(26)34)28(29,30)31/h5-6,8-9,11-12,21H,2-4,7,10,13-20H2,1H3. The third kappa shape index (κ3) is 7.65. The normalized spacial score (nSPS) is 16.4. The average Bonchev–Trinajstić information content (AvgIpc) is 2.88. The van der Waals surface area contributed by atoms with Crippen LogP contribution in [-0.4, -0.2) is 68.2 Å². The van der Waals surface area contributed by atoms with Gasteiger partial charge in [-0.15, -0.1) is 0 Å². The van der Waals surface area contributed by atoms with E-state index < -0.39 is 11.7 Å². The Morgan fingerprint density at radius 2 is 1.59 bits per heavy atom. The fourth-order valence-electron chi connectivity index (χ4n) is 4.82. The summed E-state index contributed by atoms with van der Waals surface area (Å²) in [7, 11) is 0. The largest absolute Gasteiger partial charge is 0.464 e. The van der Waals surface area contributed by atoms with E-state index in [4.69, 9.17) is 4.74 Å². The molecule has 1 saturated heterocycles. The van der Waals surface area contributed by atoms with Crippen molar-refractivity contribution in [2.24, 2.45) is 0 Å². The summed E-state index contributed by atoms with van der Waals surface area (Å²) in [5.41, 5.74) is 0.986. The predicted octanol–water partition coefficient (Wildman–Crippen LogP) is 6.44. The zero-order valence-electron chi connectivity index (χ0n) is 21.4. The Morgan fingerprint density at radius 3 is 2.32 bits per heavy atom. The number of unbranched alkanes of at least 4 members (excludes halogenated alkanes) is 2. The number of esters is 1. The van der Waals surface area contributed by atoms with E-state index >= 15 is 0 Å². The molecule has 0 spiro atoms. The minimum absolute atomic E-state index is 0.103. The number of benzene rings is 2. The Morgan fingerprint density at radius 1 is 0.892 bits per heavy atom. The van der Waals surface area contributed by atoms with Gasteiger partial charge in [0.1, 0.15) is 6.61 Å². The molecular formula is C28H36F3N3O2S. The Bertz CT molecular complexity index is 1040. The van der Waals surface area contributed by atoms with E-state index in [9.17, 15) is 18.0 Å². The van der Waals surface area contributed by atoms with Crippen LogP contribution >= 0.6 is 11.8 Å². The Hall–Kier alpha value is -2.23. The molecule has 0 amide bonds. The van der Waals surface area contributed by atoms with Crippen LogP contribution in [0.5, 0.6) is 0 Å². The molecule has 0 aliphatic carbocycles. The smallest absolute Gasteiger partial charge is 0.416 e. The molecule has 0 unspecified atom stereocenters. The van der Waals surface area contributed by atoms with Crippen molar-refractivity contribution in [3.63, 3.8) is 0 Å². The summed E-state index contributed by atoms with van der Waals surface area (Å²) in [6.07, 6.45) is 0.0316. The van der Waals surface area contributed by atoms with Gasteiger partial charge in [-0.25, -0.2) is 0 Å². The summed E-state index contributed by atoms with van der Waals surface area (Å²) in [5, 5.41) is 0. The van der Waals surface area contributed by atoms with Gasteiger partial charge >= 0.3 is 12.1 Å². The van der Waals surface area contributed by atoms with Crippen LogP contribution in [0, 0.1) is 0 Å². The second kappa shape index (κ2) is 13.0. The fraction of sp³-hybridized carbons (Fsp3) is 0.536. The quantitative estimate of drug-likeness (QED) is 0.244. The highest BCUT2D eigenvalue weighted by atomic mass is 32.2. The van der Waals surface area contributed by atoms with E-state index in [0.717, 1.165) is 80.4 Å². The molecule has 0 N–H and O–H groups in total. The van der Waals surface area contributed by atoms with Crippen molar-refractivity contribution < 1.29 is 22.7 Å². The van der Waals surface area contributed by atoms with Crippen molar-refractivity contribution in [1.82, 2.24) is 9.80 Å². The third-order valence-corrected chi connectivity index (χ3v) is 8.06. The zero-order valence-corrected chi connectivity index (χ0v) is 22.3. The Kier molecular flexibility index (Phi) is 9.78. The van der Waals surface area contributed by atoms with Gasteiger partial charge in [-0.05, 0) is 49.7 Å². The van der Waals surface area contributed by atoms with Gasteiger partial charge in [-0.2, -0.15) is 13.2 Å². The maximum Gasteiger partial charge on any atom is 0.416 e. The van der Waals surface area contributed by atoms with Gasteiger partial charge < -0.3 is 14.5 Å². The number of fused-ring (bicyclic) bond motifs is 2. The van der Waals surface area contributed by atoms with E-state index in [1.165, 1.54) is 23.9 Å². The second-order valence-corrected chi connectivity index (χ2v) is 10.7. The van der Waals surface area contributed by atoms with E-state index in [-0.39, 0.29) is 5.97 Å². The maximum absolute atomic E-state index is 13.4. The molecule has 2 heterocycles. The summed E-state index contributed by atoms with van der Waals surface area (Å²) in [4.78, 5) is 20.5. The SMILES string of the molecule is CCCCCC(=O)OCCN1CCN(CCCN2c3ccccc3Sc3ccc(C(F)(F)F)cc32)CC1. The highest BCUT2D eigenvalue weighted by molar-refractivity contribution is 7.99. The molecule has 37 heavy (non-hydrogen) atoms. The second-order valence-electron chi connectivity index (χ2n) is 9.62. The number of carbonyl (C=O) groups excluding carboxylic acids is 1. The number of ether oxygens (including phenoxy) is 1. The van der Waals surface area contributed by atoms with Crippen molar-refractivity contribution in [3.8, 4) is 0 Å². The van der Waals surface area contributed by atoms with Crippen molar-refractivity contribution in [2.45, 2.75) is 55.0 Å². The lowest BCUT2D eigenvalue weighted by Crippen LogP contribution is -2.47. The third-order valence-electron chi connectivity index (χ3n) is 6.93. The van der Waals surface area contributed by atoms with Gasteiger partial charge in [0.25, 0.3) is 0 Å². The average molecular weight is 536 g/mol. The van der Waals surface area contributed by atoms with E-state index in [1.54, 1.807) is 6.07 Å². The zero-order chi connectivity index (χ0) is 26.3. The topological polar surface area (TPSA) is 36.0 Å². The minimum Gasteiger partial charge on any atom is -0.464 e. The summed E-state index contributed by atoms with van der Waals surface area (Å²) < 4.78 is 45.6. The summed E-state index contributed by atoms with van der Waals surface area (Å²) in [6, 6.07) is 12.0. The van der Waals surface area contributed by atoms with Gasteiger partial charge in [-0.1, -0.05) is 43.7 Å². The molecule has 2 aliphatic heterocycles. The van der Waals surface area contributed by atoms with Crippen LogP contribution in [0.25, 0.3) is 0 Å². The van der Waals surface area contributed by atoms with E-state index in [2.05, 4.69) is 16.7 Å². The monoisotopic (exact) mass is 535 g/mol. The van der Waals surface area contributed by atoms with Gasteiger partial charge in [0.2, 0.25) is 0 Å². The van der Waals surface area contributed by atoms with Gasteiger partial charge in [-0.3, -0.25) is 9.69 Å². The van der Waals surface area contributed by atoms with Crippen molar-refractivity contribution in [3.05, 3.63) is 48.0 Å². The maximum atomic E-state index is 13.4. The number of piperazine rings is 1. The molecule has 202 valence electrons. The van der Waals surface area contributed by atoms with Crippen LogP contribution in [0.1, 0.15) is 44.6 Å². The Balaban J connectivity index is 1.26. The van der Waals surface area contributed by atoms with E-state index in [1.807, 2.05) is 29.2 Å². The molecule has 2 aliphatic rings. The van der Waals surface area contributed by atoms with Crippen molar-refractivity contribution >= 4 is 29.1 Å². The molecule has 0 bridgehead atoms. The van der Waals surface area contributed by atoms with Crippen LogP contribution < -0.4 is 4.90 Å². The predicted molar refractivity (Wildman–Crippen MR) is 142 cm³/mol. The van der Waals surface area contributed by atoms with E-state index in [0.29, 0.717) is 25.3 Å². The first-order chi connectivity index (χ1) is 17.8. The summed E-state index contributed by atoms with van der Waals surface area (Å²) in [5.74, 6) is -0.103. The Labute approximate surface area is 221 Å². The number of anilines is 2. The molecular weight excluding hydrogens is 499 g/mol. The van der Waals surface area contributed by atoms with Crippen LogP contribution in [-0.2, 0) is 15.7 Å². The highest BCUT2D eigenvalue weighted by Gasteiger charge is 2.33. The lowest BCUT2D eigenvalue weighted by atomic mass is 10.1. The molecule has 4 rings (SSSR count). The molecule has 0 aromatic heterocycles. The highest BCUT2D eigenvalue weighted by Crippen LogP contribution is 2.49. The van der Waals surface area contributed by atoms with Crippen molar-refractivity contribution in [1.29, 1.82) is 0 Å². The van der Waals surface area contributed by atoms with Gasteiger partial charge in [0.05, 0.1) is 16.9 Å². The molecule has 2 aromatic carbocycles. The number of halogens is 3. The van der Waals surface area contributed by atoms with Gasteiger partial charge in [0.15, 0.2) is 0 Å². The molecule has 0 radical (unpaired) electrons. The van der Waals surface area contributed by atoms with Crippen LogP contribution in [0.2, 0.25) is 0 Å². The summed E-state index contributed by atoms with van der Waals surface area (Å²) >= 11 is 1.52. The fourth-order valence-corrected chi connectivity index (χ4v) is 5.89. The first-order valence-corrected chi connectivity index (χ1v) is 14.0. The number of rotatable bonds is 11. The number of para-hydroxylation sites is 1. The first kappa shape index (κ1) is 27.8. The van der Waals surface area contributed by atoms with Crippen LogP contribution in [0.4, 0.5) is 24.5 Å². The molecule has 0 atom stereocenters. The van der Waals surface area contributed by atoms with Crippen LogP contribution in [0.15, 0.2) is 52.3 Å². The van der Waals surface area contributed by atoms with Gasteiger partial charge in [0, 0.05) is 55.5 Å². The molecule has 2 aromatic rings. The van der Waals surface area contributed by atoms with Crippen molar-refractivity contribution in [2.75, 3.05) is 57.3 Å². The molecule has 5 nitrogen and oxygen atoms in total. The molecule has 1 fully saturated rings. The minimum atomic E-state index is -4.37. The number of alkyl halides is 3. The number of hydrogen-bond donors (Lipinski definition) is 0. The summed E-state index contributed by atoms with van der Waals surface area (Å²) in [6.45, 7) is 8.58.